The number of anilines is 2. The van der Waals surface area contributed by atoms with Gasteiger partial charge in [-0.1, -0.05) is 51.1 Å². The van der Waals surface area contributed by atoms with Crippen molar-refractivity contribution in [3.63, 3.8) is 0 Å². The van der Waals surface area contributed by atoms with Crippen molar-refractivity contribution in [2.75, 3.05) is 17.2 Å². The average molecular weight is 389 g/mol. The summed E-state index contributed by atoms with van der Waals surface area (Å²) in [5.41, 5.74) is 7.70. The summed E-state index contributed by atoms with van der Waals surface area (Å²) in [6.45, 7) is 8.12. The van der Waals surface area contributed by atoms with Crippen molar-refractivity contribution in [3.8, 4) is 11.6 Å². The van der Waals surface area contributed by atoms with Gasteiger partial charge >= 0.3 is 0 Å². The maximum Gasteiger partial charge on any atom is 0.248 e. The molecular formula is C24H28N4O. The van der Waals surface area contributed by atoms with Crippen molar-refractivity contribution in [2.24, 2.45) is 10.8 Å². The van der Waals surface area contributed by atoms with Crippen LogP contribution in [0.3, 0.4) is 0 Å². The maximum atomic E-state index is 6.53. The highest BCUT2D eigenvalue weighted by molar-refractivity contribution is 5.84. The van der Waals surface area contributed by atoms with Crippen molar-refractivity contribution in [3.05, 3.63) is 48.8 Å². The van der Waals surface area contributed by atoms with E-state index in [1.54, 1.807) is 6.33 Å². The van der Waals surface area contributed by atoms with Crippen molar-refractivity contribution < 1.29 is 4.74 Å². The molecule has 2 bridgehead atoms. The lowest BCUT2D eigenvalue weighted by Crippen LogP contribution is -2.35. The van der Waals surface area contributed by atoms with Crippen molar-refractivity contribution in [2.45, 2.75) is 46.1 Å². The Morgan fingerprint density at radius 3 is 2.66 bits per heavy atom. The standard InChI is InChI=1S/C24H28N4O/c1-23(2)11-18-12-24(3,13-23)14-28(18)21-20(25)22(27-15-26-21)29-19-9-8-16-6-4-5-7-17(16)10-19/h4-10,15,18H,11-14,25H2,1-3H3. The largest absolute Gasteiger partial charge is 0.437 e. The van der Waals surface area contributed by atoms with Crippen LogP contribution < -0.4 is 15.4 Å². The van der Waals surface area contributed by atoms with Crippen LogP contribution in [0.5, 0.6) is 11.6 Å². The molecule has 1 aliphatic heterocycles. The molecular weight excluding hydrogens is 360 g/mol. The zero-order chi connectivity index (χ0) is 20.2. The van der Waals surface area contributed by atoms with Crippen LogP contribution in [0.25, 0.3) is 10.8 Å². The lowest BCUT2D eigenvalue weighted by atomic mass is 9.65. The van der Waals surface area contributed by atoms with E-state index in [1.807, 2.05) is 24.3 Å². The fraction of sp³-hybridized carbons (Fsp3) is 0.417. The van der Waals surface area contributed by atoms with Crippen LogP contribution in [0, 0.1) is 10.8 Å². The minimum absolute atomic E-state index is 0.309. The van der Waals surface area contributed by atoms with Gasteiger partial charge in [-0.2, -0.15) is 4.98 Å². The van der Waals surface area contributed by atoms with Crippen LogP contribution in [-0.2, 0) is 0 Å². The normalized spacial score (nSPS) is 25.3. The molecule has 2 atom stereocenters. The summed E-state index contributed by atoms with van der Waals surface area (Å²) in [4.78, 5) is 11.3. The van der Waals surface area contributed by atoms with E-state index in [0.29, 0.717) is 28.4 Å². The molecule has 1 aliphatic carbocycles. The number of benzene rings is 2. The minimum atomic E-state index is 0.309. The zero-order valence-corrected chi connectivity index (χ0v) is 17.4. The molecule has 29 heavy (non-hydrogen) atoms. The van der Waals surface area contributed by atoms with Gasteiger partial charge in [0.2, 0.25) is 5.88 Å². The molecule has 5 nitrogen and oxygen atoms in total. The third-order valence-electron chi connectivity index (χ3n) is 6.45. The van der Waals surface area contributed by atoms with E-state index in [9.17, 15) is 0 Å². The van der Waals surface area contributed by atoms with Crippen LogP contribution in [0.1, 0.15) is 40.0 Å². The van der Waals surface area contributed by atoms with E-state index in [-0.39, 0.29) is 0 Å². The molecule has 1 saturated carbocycles. The average Bonchev–Trinajstić information content (AvgIpc) is 2.92. The molecule has 2 unspecified atom stereocenters. The number of nitrogens with zero attached hydrogens (tertiary/aromatic N) is 3. The molecule has 2 aromatic carbocycles. The number of hydrogen-bond acceptors (Lipinski definition) is 5. The van der Waals surface area contributed by atoms with Crippen LogP contribution in [0.2, 0.25) is 0 Å². The van der Waals surface area contributed by atoms with E-state index in [0.717, 1.165) is 29.9 Å². The molecule has 1 saturated heterocycles. The van der Waals surface area contributed by atoms with E-state index < -0.39 is 0 Å². The molecule has 2 heterocycles. The van der Waals surface area contributed by atoms with E-state index in [1.165, 1.54) is 18.2 Å². The first-order valence-electron chi connectivity index (χ1n) is 10.4. The molecule has 1 aromatic heterocycles. The van der Waals surface area contributed by atoms with Crippen LogP contribution in [0.15, 0.2) is 48.8 Å². The van der Waals surface area contributed by atoms with Gasteiger partial charge in [0.25, 0.3) is 0 Å². The van der Waals surface area contributed by atoms with Crippen LogP contribution in [0.4, 0.5) is 11.5 Å². The van der Waals surface area contributed by atoms with Gasteiger partial charge in [-0.15, -0.1) is 0 Å². The van der Waals surface area contributed by atoms with Gasteiger partial charge in [-0.05, 0) is 53.0 Å². The Hall–Kier alpha value is -2.82. The van der Waals surface area contributed by atoms with Gasteiger partial charge in [0.1, 0.15) is 17.8 Å². The minimum Gasteiger partial charge on any atom is -0.437 e. The molecule has 2 aliphatic rings. The first-order valence-corrected chi connectivity index (χ1v) is 10.4. The summed E-state index contributed by atoms with van der Waals surface area (Å²) >= 11 is 0. The Morgan fingerprint density at radius 2 is 1.83 bits per heavy atom. The number of ether oxygens (including phenoxy) is 1. The topological polar surface area (TPSA) is 64.3 Å². The number of hydrogen-bond donors (Lipinski definition) is 1. The Bertz CT molecular complexity index is 1080. The second-order valence-electron chi connectivity index (χ2n) is 9.87. The first-order chi connectivity index (χ1) is 13.8. The van der Waals surface area contributed by atoms with E-state index in [4.69, 9.17) is 10.5 Å². The third-order valence-corrected chi connectivity index (χ3v) is 6.45. The van der Waals surface area contributed by atoms with Crippen LogP contribution in [-0.4, -0.2) is 22.6 Å². The number of fused-ring (bicyclic) bond motifs is 3. The van der Waals surface area contributed by atoms with E-state index >= 15 is 0 Å². The Morgan fingerprint density at radius 1 is 1.03 bits per heavy atom. The monoisotopic (exact) mass is 388 g/mol. The van der Waals surface area contributed by atoms with Gasteiger partial charge < -0.3 is 15.4 Å². The fourth-order valence-electron chi connectivity index (χ4n) is 5.73. The highest BCUT2D eigenvalue weighted by Crippen LogP contribution is 2.54. The molecule has 2 fully saturated rings. The van der Waals surface area contributed by atoms with Gasteiger partial charge in [-0.3, -0.25) is 0 Å². The molecule has 3 aromatic rings. The molecule has 2 N–H and O–H groups in total. The Labute approximate surface area is 171 Å². The third kappa shape index (κ3) is 3.28. The van der Waals surface area contributed by atoms with Gasteiger partial charge in [0.15, 0.2) is 5.82 Å². The van der Waals surface area contributed by atoms with Crippen molar-refractivity contribution >= 4 is 22.3 Å². The van der Waals surface area contributed by atoms with Crippen molar-refractivity contribution in [1.29, 1.82) is 0 Å². The number of rotatable bonds is 3. The Kier molecular flexibility index (Phi) is 3.99. The quantitative estimate of drug-likeness (QED) is 0.650. The summed E-state index contributed by atoms with van der Waals surface area (Å²) < 4.78 is 6.09. The second kappa shape index (κ2) is 6.34. The fourth-order valence-corrected chi connectivity index (χ4v) is 5.73. The number of aromatic nitrogens is 2. The second-order valence-corrected chi connectivity index (χ2v) is 9.87. The Balaban J connectivity index is 1.46. The zero-order valence-electron chi connectivity index (χ0n) is 17.4. The first kappa shape index (κ1) is 18.2. The predicted octanol–water partition coefficient (Wildman–Crippen LogP) is 5.41. The molecule has 5 rings (SSSR count). The SMILES string of the molecule is CC1(C)CC2CC(C)(CN2c2ncnc(Oc3ccc4ccccc4c3)c2N)C1. The van der Waals surface area contributed by atoms with Crippen LogP contribution >= 0.6 is 0 Å². The van der Waals surface area contributed by atoms with Gasteiger partial charge in [-0.25, -0.2) is 4.98 Å². The summed E-state index contributed by atoms with van der Waals surface area (Å²) in [6, 6.07) is 14.7. The molecule has 0 spiro atoms. The highest BCUT2D eigenvalue weighted by atomic mass is 16.5. The molecule has 0 amide bonds. The summed E-state index contributed by atoms with van der Waals surface area (Å²) in [7, 11) is 0. The number of nitrogens with two attached hydrogens (primary N) is 1. The maximum absolute atomic E-state index is 6.53. The summed E-state index contributed by atoms with van der Waals surface area (Å²) in [5, 5.41) is 2.30. The summed E-state index contributed by atoms with van der Waals surface area (Å²) in [5.74, 6) is 1.96. The number of nitrogen functional groups attached to an aromatic ring is 1. The lowest BCUT2D eigenvalue weighted by molar-refractivity contribution is 0.136. The van der Waals surface area contributed by atoms with Gasteiger partial charge in [0, 0.05) is 12.6 Å². The lowest BCUT2D eigenvalue weighted by Gasteiger charge is -2.39. The predicted molar refractivity (Wildman–Crippen MR) is 117 cm³/mol. The van der Waals surface area contributed by atoms with E-state index in [2.05, 4.69) is 53.8 Å². The molecule has 0 radical (unpaired) electrons. The molecule has 5 heteroatoms. The smallest absolute Gasteiger partial charge is 0.248 e. The molecule has 150 valence electrons. The van der Waals surface area contributed by atoms with Gasteiger partial charge in [0.05, 0.1) is 0 Å². The van der Waals surface area contributed by atoms with Crippen molar-refractivity contribution in [1.82, 2.24) is 9.97 Å². The summed E-state index contributed by atoms with van der Waals surface area (Å²) in [6.07, 6.45) is 5.16. The highest BCUT2D eigenvalue weighted by Gasteiger charge is 2.50.